The third-order valence-corrected chi connectivity index (χ3v) is 5.38. The lowest BCUT2D eigenvalue weighted by Crippen LogP contribution is -2.42. The van der Waals surface area contributed by atoms with Crippen LogP contribution in [0, 0.1) is 5.92 Å². The van der Waals surface area contributed by atoms with E-state index in [4.69, 9.17) is 4.74 Å². The van der Waals surface area contributed by atoms with Gasteiger partial charge in [0.15, 0.2) is 0 Å². The topological polar surface area (TPSA) is 66.9 Å². The monoisotopic (exact) mass is 320 g/mol. The first-order valence-electron chi connectivity index (χ1n) is 8.32. The number of carbonyl (C=O) groups excluding carboxylic acids is 3. The summed E-state index contributed by atoms with van der Waals surface area (Å²) in [5, 5.41) is 0. The summed E-state index contributed by atoms with van der Waals surface area (Å²) in [6.07, 6.45) is 6.82. The molecule has 0 spiro atoms. The largest absolute Gasteiger partial charge is 0.453 e. The minimum atomic E-state index is -0.851. The predicted molar refractivity (Wildman–Crippen MR) is 83.5 cm³/mol. The van der Waals surface area contributed by atoms with Gasteiger partial charge in [-0.05, 0) is 32.3 Å². The fraction of sp³-hybridized carbons (Fsp3) is 0.706. The van der Waals surface area contributed by atoms with Crippen LogP contribution in [0.5, 0.6) is 0 Å². The summed E-state index contributed by atoms with van der Waals surface area (Å²) in [5.41, 5.74) is -0.149. The fourth-order valence-corrected chi connectivity index (χ4v) is 3.63. The Hall–Kier alpha value is -1.85. The molecule has 0 aromatic carbocycles. The molecule has 1 aliphatic carbocycles. The molecule has 3 rings (SSSR count). The predicted octanol–water partition coefficient (Wildman–Crippen LogP) is 2.09. The Morgan fingerprint density at radius 2 is 1.87 bits per heavy atom. The van der Waals surface area contributed by atoms with E-state index < -0.39 is 11.6 Å². The van der Waals surface area contributed by atoms with Gasteiger partial charge in [-0.1, -0.05) is 25.7 Å². The molecule has 2 fully saturated rings. The number of rotatable bonds is 4. The van der Waals surface area contributed by atoms with Gasteiger partial charge in [-0.15, -0.1) is 0 Å². The molecular weight excluding hydrogens is 296 g/mol. The summed E-state index contributed by atoms with van der Waals surface area (Å²) in [7, 11) is 1.61. The highest BCUT2D eigenvalue weighted by molar-refractivity contribution is 6.06. The van der Waals surface area contributed by atoms with Crippen molar-refractivity contribution in [1.29, 1.82) is 0 Å². The van der Waals surface area contributed by atoms with Crippen LogP contribution in [-0.4, -0.2) is 52.9 Å². The number of nitrogens with zero attached hydrogens (tertiary/aromatic N) is 2. The van der Waals surface area contributed by atoms with Gasteiger partial charge in [0.1, 0.15) is 11.6 Å². The second kappa shape index (κ2) is 5.65. The lowest BCUT2D eigenvalue weighted by atomic mass is 9.98. The van der Waals surface area contributed by atoms with Crippen LogP contribution in [-0.2, 0) is 14.3 Å². The van der Waals surface area contributed by atoms with Gasteiger partial charge < -0.3 is 9.64 Å². The van der Waals surface area contributed by atoms with Gasteiger partial charge in [0.2, 0.25) is 0 Å². The Bertz CT molecular complexity index is 575. The Morgan fingerprint density at radius 1 is 1.22 bits per heavy atom. The van der Waals surface area contributed by atoms with Crippen molar-refractivity contribution >= 4 is 17.9 Å². The molecule has 0 radical (unpaired) electrons. The maximum atomic E-state index is 12.4. The van der Waals surface area contributed by atoms with E-state index in [0.29, 0.717) is 11.5 Å². The Kier molecular flexibility index (Phi) is 3.94. The highest BCUT2D eigenvalue weighted by Crippen LogP contribution is 2.33. The zero-order chi connectivity index (χ0) is 16.8. The van der Waals surface area contributed by atoms with Crippen LogP contribution in [0.4, 0.5) is 4.79 Å². The summed E-state index contributed by atoms with van der Waals surface area (Å²) in [5.74, 6) is 0.0139. The second-order valence-electron chi connectivity index (χ2n) is 7.31. The standard InChI is InChI=1S/C17H24N2O4/c1-17(2)15(21)19(16(22)18(17)3)10-13-9-12(14(20)23-13)8-11-6-4-5-7-11/h9,11,13H,4-8,10H2,1-3H3. The average Bonchev–Trinajstić information content (AvgIpc) is 3.16. The van der Waals surface area contributed by atoms with Crippen molar-refractivity contribution in [3.05, 3.63) is 11.6 Å². The van der Waals surface area contributed by atoms with Gasteiger partial charge in [0, 0.05) is 12.6 Å². The van der Waals surface area contributed by atoms with Crippen molar-refractivity contribution in [3.63, 3.8) is 0 Å². The number of esters is 1. The van der Waals surface area contributed by atoms with E-state index in [1.807, 2.05) is 0 Å². The summed E-state index contributed by atoms with van der Waals surface area (Å²) < 4.78 is 5.35. The molecule has 2 heterocycles. The molecular formula is C17H24N2O4. The molecule has 3 aliphatic rings. The van der Waals surface area contributed by atoms with E-state index in [-0.39, 0.29) is 24.5 Å². The van der Waals surface area contributed by atoms with Crippen LogP contribution in [0.1, 0.15) is 46.0 Å². The van der Waals surface area contributed by atoms with Gasteiger partial charge in [0.25, 0.3) is 5.91 Å². The Balaban J connectivity index is 1.67. The molecule has 6 nitrogen and oxygen atoms in total. The number of imide groups is 1. The van der Waals surface area contributed by atoms with Crippen molar-refractivity contribution < 1.29 is 19.1 Å². The molecule has 1 saturated heterocycles. The normalized spacial score (nSPS) is 27.9. The van der Waals surface area contributed by atoms with E-state index in [1.54, 1.807) is 27.0 Å². The lowest BCUT2D eigenvalue weighted by molar-refractivity contribution is -0.142. The van der Waals surface area contributed by atoms with Gasteiger partial charge in [-0.3, -0.25) is 9.69 Å². The van der Waals surface area contributed by atoms with Crippen LogP contribution < -0.4 is 0 Å². The van der Waals surface area contributed by atoms with E-state index in [9.17, 15) is 14.4 Å². The number of cyclic esters (lactones) is 1. The number of hydrogen-bond acceptors (Lipinski definition) is 4. The van der Waals surface area contributed by atoms with Crippen LogP contribution in [0.25, 0.3) is 0 Å². The lowest BCUT2D eigenvalue weighted by Gasteiger charge is -2.22. The molecule has 0 N–H and O–H groups in total. The molecule has 126 valence electrons. The van der Waals surface area contributed by atoms with Gasteiger partial charge in [0.05, 0.1) is 6.54 Å². The highest BCUT2D eigenvalue weighted by Gasteiger charge is 2.50. The van der Waals surface area contributed by atoms with Crippen LogP contribution in [0.15, 0.2) is 11.6 Å². The number of carbonyl (C=O) groups is 3. The first-order valence-corrected chi connectivity index (χ1v) is 8.32. The van der Waals surface area contributed by atoms with Crippen molar-refractivity contribution in [3.8, 4) is 0 Å². The van der Waals surface area contributed by atoms with Crippen molar-refractivity contribution in [1.82, 2.24) is 9.80 Å². The summed E-state index contributed by atoms with van der Waals surface area (Å²) in [6.45, 7) is 3.54. The molecule has 0 aromatic rings. The summed E-state index contributed by atoms with van der Waals surface area (Å²) >= 11 is 0. The van der Waals surface area contributed by atoms with E-state index >= 15 is 0 Å². The minimum Gasteiger partial charge on any atom is -0.453 e. The summed E-state index contributed by atoms with van der Waals surface area (Å²) in [6, 6.07) is -0.339. The average molecular weight is 320 g/mol. The van der Waals surface area contributed by atoms with Gasteiger partial charge in [-0.2, -0.15) is 0 Å². The molecule has 1 unspecified atom stereocenters. The zero-order valence-electron chi connectivity index (χ0n) is 14.0. The molecule has 0 bridgehead atoms. The molecule has 1 atom stereocenters. The molecule has 1 saturated carbocycles. The van der Waals surface area contributed by atoms with Gasteiger partial charge in [-0.25, -0.2) is 9.59 Å². The fourth-order valence-electron chi connectivity index (χ4n) is 3.63. The number of hydrogen-bond donors (Lipinski definition) is 0. The third kappa shape index (κ3) is 2.75. The van der Waals surface area contributed by atoms with Crippen LogP contribution >= 0.6 is 0 Å². The van der Waals surface area contributed by atoms with Crippen LogP contribution in [0.3, 0.4) is 0 Å². The Morgan fingerprint density at radius 3 is 2.43 bits per heavy atom. The third-order valence-electron chi connectivity index (χ3n) is 5.38. The quantitative estimate of drug-likeness (QED) is 0.587. The molecule has 3 amide bonds. The molecule has 23 heavy (non-hydrogen) atoms. The minimum absolute atomic E-state index is 0.103. The summed E-state index contributed by atoms with van der Waals surface area (Å²) in [4.78, 5) is 39.2. The molecule has 2 aliphatic heterocycles. The number of likely N-dealkylation sites (N-methyl/N-ethyl adjacent to an activating group) is 1. The number of amides is 3. The second-order valence-corrected chi connectivity index (χ2v) is 7.31. The Labute approximate surface area is 136 Å². The van der Waals surface area contributed by atoms with E-state index in [2.05, 4.69) is 0 Å². The maximum absolute atomic E-state index is 12.4. The number of urea groups is 1. The van der Waals surface area contributed by atoms with E-state index in [1.165, 1.54) is 22.6 Å². The molecule has 0 aromatic heterocycles. The van der Waals surface area contributed by atoms with E-state index in [0.717, 1.165) is 19.3 Å². The zero-order valence-corrected chi connectivity index (χ0v) is 14.0. The van der Waals surface area contributed by atoms with Crippen molar-refractivity contribution in [2.24, 2.45) is 5.92 Å². The SMILES string of the molecule is CN1C(=O)N(CC2C=C(CC3CCCC3)C(=O)O2)C(=O)C1(C)C. The highest BCUT2D eigenvalue weighted by atomic mass is 16.5. The first kappa shape index (κ1) is 16.0. The molecule has 6 heteroatoms. The maximum Gasteiger partial charge on any atom is 0.334 e. The van der Waals surface area contributed by atoms with Crippen molar-refractivity contribution in [2.45, 2.75) is 57.6 Å². The number of ether oxygens (including phenoxy) is 1. The first-order chi connectivity index (χ1) is 10.8. The van der Waals surface area contributed by atoms with Crippen molar-refractivity contribution in [2.75, 3.05) is 13.6 Å². The smallest absolute Gasteiger partial charge is 0.334 e. The van der Waals surface area contributed by atoms with Gasteiger partial charge >= 0.3 is 12.0 Å². The van der Waals surface area contributed by atoms with Crippen LogP contribution in [0.2, 0.25) is 0 Å².